The normalized spacial score (nSPS) is 14.0. The van der Waals surface area contributed by atoms with Crippen molar-refractivity contribution in [1.29, 1.82) is 0 Å². The topological polar surface area (TPSA) is 4.93 Å². The fourth-order valence-corrected chi connectivity index (χ4v) is 3.28. The molecule has 4 rings (SSSR count). The molecule has 2 aromatic carbocycles. The predicted molar refractivity (Wildman–Crippen MR) is 90.1 cm³/mol. The second-order valence-electron chi connectivity index (χ2n) is 5.77. The zero-order valence-corrected chi connectivity index (χ0v) is 12.1. The first-order chi connectivity index (χ1) is 10.2. The minimum absolute atomic E-state index is 0.940. The molecule has 1 nitrogen and oxygen atoms in total. The first-order valence-corrected chi connectivity index (χ1v) is 7.39. The number of hydrogen-bond donors (Lipinski definition) is 0. The van der Waals surface area contributed by atoms with Crippen LogP contribution in [-0.4, -0.2) is 12.4 Å². The van der Waals surface area contributed by atoms with E-state index in [1.165, 1.54) is 33.4 Å². The van der Waals surface area contributed by atoms with Crippen molar-refractivity contribution >= 4 is 24.8 Å². The molecule has 0 fully saturated rings. The molecular formula is C19H16BN. The smallest absolute Gasteiger partial charge is 0.107 e. The van der Waals surface area contributed by atoms with Crippen LogP contribution in [0.4, 0.5) is 0 Å². The van der Waals surface area contributed by atoms with Crippen molar-refractivity contribution in [1.82, 2.24) is 4.57 Å². The second-order valence-corrected chi connectivity index (χ2v) is 5.77. The maximum atomic E-state index is 6.08. The van der Waals surface area contributed by atoms with Crippen LogP contribution in [0.15, 0.2) is 54.0 Å². The fraction of sp³-hybridized carbons (Fsp3) is 0.158. The van der Waals surface area contributed by atoms with E-state index in [-0.39, 0.29) is 0 Å². The highest BCUT2D eigenvalue weighted by molar-refractivity contribution is 6.24. The molecule has 100 valence electrons. The number of rotatable bonds is 1. The van der Waals surface area contributed by atoms with E-state index in [4.69, 9.17) is 7.85 Å². The van der Waals surface area contributed by atoms with Gasteiger partial charge in [-0.1, -0.05) is 35.9 Å². The van der Waals surface area contributed by atoms with Crippen molar-refractivity contribution in [2.45, 2.75) is 19.8 Å². The lowest BCUT2D eigenvalue weighted by Crippen LogP contribution is -2.05. The Bertz CT molecular complexity index is 856. The zero-order valence-electron chi connectivity index (χ0n) is 12.1. The summed E-state index contributed by atoms with van der Waals surface area (Å²) in [5.41, 5.74) is 7.42. The largest absolute Gasteiger partial charge is 0.313 e. The maximum absolute atomic E-state index is 6.08. The van der Waals surface area contributed by atoms with Crippen molar-refractivity contribution in [2.75, 3.05) is 0 Å². The molecule has 0 spiro atoms. The van der Waals surface area contributed by atoms with Crippen LogP contribution in [0.1, 0.15) is 23.2 Å². The molecule has 1 aliphatic carbocycles. The van der Waals surface area contributed by atoms with E-state index in [9.17, 15) is 0 Å². The summed E-state index contributed by atoms with van der Waals surface area (Å²) in [4.78, 5) is 0. The number of para-hydroxylation sites is 1. The second kappa shape index (κ2) is 4.66. The number of nitrogens with zero attached hydrogens (tertiary/aromatic N) is 1. The molecule has 2 radical (unpaired) electrons. The fourth-order valence-electron chi connectivity index (χ4n) is 3.28. The van der Waals surface area contributed by atoms with Crippen molar-refractivity contribution in [3.05, 3.63) is 70.8 Å². The molecule has 0 atom stereocenters. The third-order valence-corrected chi connectivity index (χ3v) is 4.26. The molecule has 0 N–H and O–H groups in total. The van der Waals surface area contributed by atoms with Crippen LogP contribution in [0.5, 0.6) is 0 Å². The molecule has 1 aromatic heterocycles. The van der Waals surface area contributed by atoms with Gasteiger partial charge in [-0.2, -0.15) is 0 Å². The highest BCUT2D eigenvalue weighted by Gasteiger charge is 2.19. The molecule has 0 unspecified atom stereocenters. The van der Waals surface area contributed by atoms with Gasteiger partial charge in [-0.3, -0.25) is 0 Å². The molecule has 0 aliphatic heterocycles. The summed E-state index contributed by atoms with van der Waals surface area (Å²) in [6.07, 6.45) is 4.09. The first-order valence-electron chi connectivity index (χ1n) is 7.39. The van der Waals surface area contributed by atoms with Gasteiger partial charge in [0.25, 0.3) is 0 Å². The van der Waals surface area contributed by atoms with Crippen LogP contribution in [0.2, 0.25) is 0 Å². The van der Waals surface area contributed by atoms with E-state index in [1.807, 2.05) is 0 Å². The van der Waals surface area contributed by atoms with Gasteiger partial charge in [0.05, 0.1) is 5.52 Å². The van der Waals surface area contributed by atoms with Gasteiger partial charge in [0.15, 0.2) is 0 Å². The molecule has 0 bridgehead atoms. The Morgan fingerprint density at radius 1 is 1.00 bits per heavy atom. The number of allylic oxidation sites excluding steroid dienone is 1. The molecule has 0 saturated carbocycles. The number of aryl methyl sites for hydroxylation is 1. The standard InChI is InChI=1S/C19H16BN/c1-13-7-9-18-16(11-13)17-12-14(20)8-10-19(17)21(18)15-5-3-2-4-6-15/h2-7,9,11-12H,8,10H2,1H3. The van der Waals surface area contributed by atoms with Crippen LogP contribution >= 0.6 is 0 Å². The third-order valence-electron chi connectivity index (χ3n) is 4.26. The average molecular weight is 269 g/mol. The zero-order chi connectivity index (χ0) is 14.4. The van der Waals surface area contributed by atoms with Crippen LogP contribution in [0.3, 0.4) is 0 Å². The maximum Gasteiger partial charge on any atom is 0.107 e. The van der Waals surface area contributed by atoms with Gasteiger partial charge in [0.2, 0.25) is 0 Å². The average Bonchev–Trinajstić information content (AvgIpc) is 2.81. The number of benzene rings is 2. The van der Waals surface area contributed by atoms with Crippen molar-refractivity contribution < 1.29 is 0 Å². The highest BCUT2D eigenvalue weighted by atomic mass is 15.0. The molecule has 21 heavy (non-hydrogen) atoms. The lowest BCUT2D eigenvalue weighted by Gasteiger charge is -2.15. The number of hydrogen-bond acceptors (Lipinski definition) is 0. The minimum Gasteiger partial charge on any atom is -0.313 e. The number of aromatic nitrogens is 1. The van der Waals surface area contributed by atoms with Gasteiger partial charge in [0, 0.05) is 22.3 Å². The molecule has 0 amide bonds. The van der Waals surface area contributed by atoms with Gasteiger partial charge < -0.3 is 4.57 Å². The summed E-state index contributed by atoms with van der Waals surface area (Å²) in [5.74, 6) is 0. The van der Waals surface area contributed by atoms with Gasteiger partial charge in [-0.25, -0.2) is 0 Å². The SMILES string of the molecule is [B]C1=Cc2c(n(-c3ccccc3)c3ccc(C)cc23)CC1. The molecule has 1 heterocycles. The minimum atomic E-state index is 0.940. The Hall–Kier alpha value is -2.22. The predicted octanol–water partition coefficient (Wildman–Crippen LogP) is 4.39. The molecule has 2 heteroatoms. The van der Waals surface area contributed by atoms with E-state index in [2.05, 4.69) is 66.1 Å². The van der Waals surface area contributed by atoms with Gasteiger partial charge in [-0.05, 0) is 44.0 Å². The monoisotopic (exact) mass is 269 g/mol. The van der Waals surface area contributed by atoms with Crippen molar-refractivity contribution in [3.8, 4) is 5.69 Å². The van der Waals surface area contributed by atoms with Crippen LogP contribution in [0, 0.1) is 6.92 Å². The van der Waals surface area contributed by atoms with E-state index in [0.717, 1.165) is 18.3 Å². The molecule has 0 saturated heterocycles. The van der Waals surface area contributed by atoms with Crippen molar-refractivity contribution in [3.63, 3.8) is 0 Å². The first kappa shape index (κ1) is 12.5. The van der Waals surface area contributed by atoms with Gasteiger partial charge in [-0.15, -0.1) is 5.47 Å². The van der Waals surface area contributed by atoms with Crippen LogP contribution in [0.25, 0.3) is 22.7 Å². The summed E-state index contributed by atoms with van der Waals surface area (Å²) < 4.78 is 2.38. The van der Waals surface area contributed by atoms with Gasteiger partial charge >= 0.3 is 0 Å². The number of fused-ring (bicyclic) bond motifs is 3. The van der Waals surface area contributed by atoms with Crippen LogP contribution in [-0.2, 0) is 6.42 Å². The summed E-state index contributed by atoms with van der Waals surface area (Å²) in [6.45, 7) is 2.14. The van der Waals surface area contributed by atoms with E-state index in [0.29, 0.717) is 0 Å². The van der Waals surface area contributed by atoms with E-state index < -0.39 is 0 Å². The Labute approximate surface area is 126 Å². The molecule has 1 aliphatic rings. The quantitative estimate of drug-likeness (QED) is 0.577. The summed E-state index contributed by atoms with van der Waals surface area (Å²) in [5, 5.41) is 1.30. The highest BCUT2D eigenvalue weighted by Crippen LogP contribution is 2.35. The molecular weight excluding hydrogens is 253 g/mol. The Morgan fingerprint density at radius 2 is 1.81 bits per heavy atom. The molecule has 3 aromatic rings. The lowest BCUT2D eigenvalue weighted by atomic mass is 9.84. The summed E-state index contributed by atoms with van der Waals surface area (Å²) >= 11 is 0. The lowest BCUT2D eigenvalue weighted by molar-refractivity contribution is 0.880. The summed E-state index contributed by atoms with van der Waals surface area (Å²) in [6, 6.07) is 17.2. The Morgan fingerprint density at radius 3 is 2.62 bits per heavy atom. The van der Waals surface area contributed by atoms with Crippen LogP contribution < -0.4 is 0 Å². The van der Waals surface area contributed by atoms with Gasteiger partial charge in [0.1, 0.15) is 7.85 Å². The third kappa shape index (κ3) is 1.94. The Kier molecular flexibility index (Phi) is 2.78. The van der Waals surface area contributed by atoms with Crippen molar-refractivity contribution in [2.24, 2.45) is 0 Å². The Balaban J connectivity index is 2.12. The van der Waals surface area contributed by atoms with E-state index in [1.54, 1.807) is 0 Å². The summed E-state index contributed by atoms with van der Waals surface area (Å²) in [7, 11) is 6.08. The van der Waals surface area contributed by atoms with E-state index >= 15 is 0 Å².